The third-order valence-electron chi connectivity index (χ3n) is 5.28. The molecule has 2 aliphatic heterocycles. The minimum Gasteiger partial charge on any atom is -0.456 e. The Kier molecular flexibility index (Phi) is 4.90. The smallest absolute Gasteiger partial charge is 0.339 e. The van der Waals surface area contributed by atoms with E-state index in [-0.39, 0.29) is 30.2 Å². The summed E-state index contributed by atoms with van der Waals surface area (Å²) in [6.45, 7) is 2.91. The number of rotatable bonds is 4. The Hall–Kier alpha value is -3.09. The molecule has 1 aromatic carbocycles. The van der Waals surface area contributed by atoms with E-state index < -0.39 is 6.10 Å². The van der Waals surface area contributed by atoms with Crippen molar-refractivity contribution < 1.29 is 23.5 Å². The second-order valence-corrected chi connectivity index (χ2v) is 7.22. The predicted octanol–water partition coefficient (Wildman–Crippen LogP) is 2.61. The van der Waals surface area contributed by atoms with Crippen LogP contribution in [0.5, 0.6) is 0 Å². The normalized spacial score (nSPS) is 19.2. The lowest BCUT2D eigenvalue weighted by Gasteiger charge is -2.32. The SMILES string of the molecule is Cc1ccc(C(=O)NC2CCN(C(=O)C[C@H]3OC(=O)c4ccccc43)CC2)o1. The summed E-state index contributed by atoms with van der Waals surface area (Å²) in [7, 11) is 0. The van der Waals surface area contributed by atoms with Crippen molar-refractivity contribution in [3.63, 3.8) is 0 Å². The highest BCUT2D eigenvalue weighted by molar-refractivity contribution is 5.94. The van der Waals surface area contributed by atoms with Gasteiger partial charge >= 0.3 is 5.97 Å². The zero-order valence-corrected chi connectivity index (χ0v) is 15.6. The number of nitrogens with one attached hydrogen (secondary N) is 1. The van der Waals surface area contributed by atoms with E-state index in [1.807, 2.05) is 12.1 Å². The van der Waals surface area contributed by atoms with Gasteiger partial charge in [0.1, 0.15) is 11.9 Å². The fraction of sp³-hybridized carbons (Fsp3) is 0.381. The van der Waals surface area contributed by atoms with Gasteiger partial charge in [-0.05, 0) is 38.0 Å². The highest BCUT2D eigenvalue weighted by atomic mass is 16.5. The largest absolute Gasteiger partial charge is 0.456 e. The second kappa shape index (κ2) is 7.50. The number of nitrogens with zero attached hydrogens (tertiary/aromatic N) is 1. The topological polar surface area (TPSA) is 88.9 Å². The molecule has 1 aromatic heterocycles. The molecule has 1 saturated heterocycles. The molecule has 0 unspecified atom stereocenters. The van der Waals surface area contributed by atoms with Crippen LogP contribution in [0, 0.1) is 6.92 Å². The lowest BCUT2D eigenvalue weighted by atomic mass is 10.0. The van der Waals surface area contributed by atoms with Crippen molar-refractivity contribution in [1.82, 2.24) is 10.2 Å². The van der Waals surface area contributed by atoms with Crippen LogP contribution in [0.4, 0.5) is 0 Å². The molecule has 2 aliphatic rings. The van der Waals surface area contributed by atoms with Gasteiger partial charge in [0.2, 0.25) is 5.91 Å². The minimum absolute atomic E-state index is 0.00647. The average molecular weight is 382 g/mol. The molecule has 1 fully saturated rings. The van der Waals surface area contributed by atoms with Gasteiger partial charge in [-0.15, -0.1) is 0 Å². The number of likely N-dealkylation sites (tertiary alicyclic amines) is 1. The van der Waals surface area contributed by atoms with Crippen molar-refractivity contribution in [2.45, 2.75) is 38.3 Å². The molecule has 0 saturated carbocycles. The zero-order valence-electron chi connectivity index (χ0n) is 15.6. The van der Waals surface area contributed by atoms with E-state index in [9.17, 15) is 14.4 Å². The number of hydrogen-bond donors (Lipinski definition) is 1. The average Bonchev–Trinajstić information content (AvgIpc) is 3.26. The quantitative estimate of drug-likeness (QED) is 0.821. The van der Waals surface area contributed by atoms with Crippen LogP contribution in [0.1, 0.15) is 57.6 Å². The summed E-state index contributed by atoms with van der Waals surface area (Å²) in [5, 5.41) is 2.96. The maximum Gasteiger partial charge on any atom is 0.339 e. The number of ether oxygens (including phenoxy) is 1. The molecule has 2 aromatic rings. The summed E-state index contributed by atoms with van der Waals surface area (Å²) in [6, 6.07) is 10.6. The van der Waals surface area contributed by atoms with Gasteiger partial charge in [-0.25, -0.2) is 4.79 Å². The number of fused-ring (bicyclic) bond motifs is 1. The Morgan fingerprint density at radius 2 is 1.89 bits per heavy atom. The Labute approximate surface area is 162 Å². The molecule has 2 amide bonds. The van der Waals surface area contributed by atoms with E-state index in [1.165, 1.54) is 0 Å². The summed E-state index contributed by atoms with van der Waals surface area (Å²) < 4.78 is 10.7. The number of esters is 1. The van der Waals surface area contributed by atoms with Gasteiger partial charge in [0.25, 0.3) is 5.91 Å². The summed E-state index contributed by atoms with van der Waals surface area (Å²) in [6.07, 6.45) is 0.984. The van der Waals surface area contributed by atoms with Gasteiger partial charge in [-0.1, -0.05) is 18.2 Å². The fourth-order valence-electron chi connectivity index (χ4n) is 3.75. The molecule has 0 spiro atoms. The van der Waals surface area contributed by atoms with Gasteiger partial charge in [0.05, 0.1) is 12.0 Å². The summed E-state index contributed by atoms with van der Waals surface area (Å²) in [5.41, 5.74) is 1.31. The Bertz CT molecular complexity index is 911. The van der Waals surface area contributed by atoms with Crippen LogP contribution >= 0.6 is 0 Å². The standard InChI is InChI=1S/C21H22N2O5/c1-13-6-7-17(27-13)20(25)22-14-8-10-23(11-9-14)19(24)12-18-15-4-2-3-5-16(15)21(26)28-18/h2-7,14,18H,8-12H2,1H3,(H,22,25)/t18-/m1/s1. The van der Waals surface area contributed by atoms with Crippen LogP contribution in [-0.2, 0) is 9.53 Å². The van der Waals surface area contributed by atoms with E-state index in [1.54, 1.807) is 36.1 Å². The first-order valence-corrected chi connectivity index (χ1v) is 9.46. The van der Waals surface area contributed by atoms with Crippen molar-refractivity contribution in [3.05, 3.63) is 59.0 Å². The van der Waals surface area contributed by atoms with Gasteiger partial charge in [0, 0.05) is 24.7 Å². The molecule has 1 N–H and O–H groups in total. The van der Waals surface area contributed by atoms with Crippen molar-refractivity contribution in [2.24, 2.45) is 0 Å². The predicted molar refractivity (Wildman–Crippen MR) is 99.7 cm³/mol. The number of amides is 2. The number of carbonyl (C=O) groups is 3. The number of aryl methyl sites for hydroxylation is 1. The van der Waals surface area contributed by atoms with Crippen LogP contribution in [-0.4, -0.2) is 41.8 Å². The first-order valence-electron chi connectivity index (χ1n) is 9.46. The number of benzene rings is 1. The molecule has 4 rings (SSSR count). The van der Waals surface area contributed by atoms with E-state index in [2.05, 4.69) is 5.32 Å². The fourth-order valence-corrected chi connectivity index (χ4v) is 3.75. The van der Waals surface area contributed by atoms with E-state index >= 15 is 0 Å². The van der Waals surface area contributed by atoms with E-state index in [0.29, 0.717) is 43.0 Å². The van der Waals surface area contributed by atoms with Crippen LogP contribution in [0.3, 0.4) is 0 Å². The molecular weight excluding hydrogens is 360 g/mol. The van der Waals surface area contributed by atoms with E-state index in [4.69, 9.17) is 9.15 Å². The number of cyclic esters (lactones) is 1. The number of hydrogen-bond acceptors (Lipinski definition) is 5. The Morgan fingerprint density at radius 3 is 2.61 bits per heavy atom. The molecule has 146 valence electrons. The third-order valence-corrected chi connectivity index (χ3v) is 5.28. The molecule has 0 aliphatic carbocycles. The Morgan fingerprint density at radius 1 is 1.14 bits per heavy atom. The minimum atomic E-state index is -0.518. The lowest BCUT2D eigenvalue weighted by Crippen LogP contribution is -2.46. The zero-order chi connectivity index (χ0) is 19.7. The first-order chi connectivity index (χ1) is 13.5. The summed E-state index contributed by atoms with van der Waals surface area (Å²) in [5.74, 6) is 0.355. The van der Waals surface area contributed by atoms with Gasteiger partial charge in [-0.2, -0.15) is 0 Å². The third kappa shape index (κ3) is 3.65. The second-order valence-electron chi connectivity index (χ2n) is 7.22. The number of carbonyl (C=O) groups excluding carboxylic acids is 3. The molecule has 7 nitrogen and oxygen atoms in total. The molecule has 0 bridgehead atoms. The molecule has 28 heavy (non-hydrogen) atoms. The highest BCUT2D eigenvalue weighted by Gasteiger charge is 2.34. The van der Waals surface area contributed by atoms with Gasteiger partial charge in [-0.3, -0.25) is 9.59 Å². The van der Waals surface area contributed by atoms with Crippen LogP contribution in [0.25, 0.3) is 0 Å². The first kappa shape index (κ1) is 18.3. The molecule has 1 atom stereocenters. The van der Waals surface area contributed by atoms with Crippen LogP contribution < -0.4 is 5.32 Å². The van der Waals surface area contributed by atoms with Crippen molar-refractivity contribution in [2.75, 3.05) is 13.1 Å². The van der Waals surface area contributed by atoms with Crippen molar-refractivity contribution in [1.29, 1.82) is 0 Å². The molecule has 0 radical (unpaired) electrons. The van der Waals surface area contributed by atoms with Crippen molar-refractivity contribution >= 4 is 17.8 Å². The highest BCUT2D eigenvalue weighted by Crippen LogP contribution is 2.33. The Balaban J connectivity index is 1.29. The van der Waals surface area contributed by atoms with Crippen molar-refractivity contribution in [3.8, 4) is 0 Å². The summed E-state index contributed by atoms with van der Waals surface area (Å²) >= 11 is 0. The van der Waals surface area contributed by atoms with E-state index in [0.717, 1.165) is 5.56 Å². The van der Waals surface area contributed by atoms with Crippen LogP contribution in [0.15, 0.2) is 40.8 Å². The number of piperidine rings is 1. The maximum atomic E-state index is 12.7. The maximum absolute atomic E-state index is 12.7. The van der Waals surface area contributed by atoms with Gasteiger partial charge in [0.15, 0.2) is 5.76 Å². The molecule has 7 heteroatoms. The summed E-state index contributed by atoms with van der Waals surface area (Å²) in [4.78, 5) is 38.5. The lowest BCUT2D eigenvalue weighted by molar-refractivity contribution is -0.134. The van der Waals surface area contributed by atoms with Gasteiger partial charge < -0.3 is 19.4 Å². The molecular formula is C21H22N2O5. The molecule has 3 heterocycles. The monoisotopic (exact) mass is 382 g/mol. The number of furan rings is 1. The van der Waals surface area contributed by atoms with Crippen LogP contribution in [0.2, 0.25) is 0 Å².